The van der Waals surface area contributed by atoms with E-state index in [1.54, 1.807) is 50.4 Å². The Balaban J connectivity index is 1.86. The summed E-state index contributed by atoms with van der Waals surface area (Å²) < 4.78 is 43.6. The molecule has 0 spiro atoms. The van der Waals surface area contributed by atoms with Gasteiger partial charge in [0.2, 0.25) is 21.8 Å². The number of hydrogen-bond donors (Lipinski definition) is 1. The molecule has 2 aromatic rings. The van der Waals surface area contributed by atoms with Gasteiger partial charge < -0.3 is 15.0 Å². The Kier molecular flexibility index (Phi) is 6.85. The molecule has 1 N–H and O–H groups in total. The molecule has 0 unspecified atom stereocenters. The number of benzene rings is 2. The van der Waals surface area contributed by atoms with Gasteiger partial charge in [-0.1, -0.05) is 24.3 Å². The second-order valence-corrected chi connectivity index (χ2v) is 9.92. The van der Waals surface area contributed by atoms with Crippen molar-refractivity contribution in [2.24, 2.45) is 0 Å². The van der Waals surface area contributed by atoms with Crippen LogP contribution in [0.2, 0.25) is 0 Å². The fourth-order valence-corrected chi connectivity index (χ4v) is 4.41. The van der Waals surface area contributed by atoms with Crippen molar-refractivity contribution in [2.45, 2.75) is 25.6 Å². The quantitative estimate of drug-likeness (QED) is 0.672. The molecular formula is C22H26FN3O5S. The summed E-state index contributed by atoms with van der Waals surface area (Å²) in [6.07, 6.45) is 1.01. The number of carbonyl (C=O) groups is 2. The van der Waals surface area contributed by atoms with E-state index in [9.17, 15) is 22.4 Å². The smallest absolute Gasteiger partial charge is 0.247 e. The first-order valence-electron chi connectivity index (χ1n) is 9.94. The standard InChI is InChI=1S/C22H26FN3O5S/c1-22(21(28)24-12-16-4-8-18(23)9-5-16)15-25(32(3,29)30)14-20(27)26(22)13-17-6-10-19(31-2)11-7-17/h4-11H,12-15H2,1-3H3,(H,24,28)/t22-/m1/s1. The average molecular weight is 464 g/mol. The Hall–Kier alpha value is -2.98. The van der Waals surface area contributed by atoms with Crippen molar-refractivity contribution < 1.29 is 27.1 Å². The average Bonchev–Trinajstić information content (AvgIpc) is 2.75. The molecule has 172 valence electrons. The summed E-state index contributed by atoms with van der Waals surface area (Å²) in [5, 5.41) is 2.76. The molecule has 1 heterocycles. The van der Waals surface area contributed by atoms with E-state index in [-0.39, 0.29) is 32.0 Å². The number of ether oxygens (including phenoxy) is 1. The Bertz CT molecular complexity index is 1090. The number of piperazine rings is 1. The summed E-state index contributed by atoms with van der Waals surface area (Å²) >= 11 is 0. The summed E-state index contributed by atoms with van der Waals surface area (Å²) in [5.41, 5.74) is -0.00469. The van der Waals surface area contributed by atoms with Gasteiger partial charge in [-0.2, -0.15) is 4.31 Å². The predicted molar refractivity (Wildman–Crippen MR) is 117 cm³/mol. The first-order chi connectivity index (χ1) is 15.0. The summed E-state index contributed by atoms with van der Waals surface area (Å²) in [7, 11) is -2.15. The van der Waals surface area contributed by atoms with E-state index >= 15 is 0 Å². The van der Waals surface area contributed by atoms with Crippen LogP contribution in [0.3, 0.4) is 0 Å². The van der Waals surface area contributed by atoms with Crippen LogP contribution in [-0.4, -0.2) is 61.4 Å². The van der Waals surface area contributed by atoms with Crippen LogP contribution in [0, 0.1) is 5.82 Å². The molecule has 0 aliphatic carbocycles. The lowest BCUT2D eigenvalue weighted by atomic mass is 9.94. The zero-order valence-electron chi connectivity index (χ0n) is 18.2. The van der Waals surface area contributed by atoms with Crippen molar-refractivity contribution in [3.63, 3.8) is 0 Å². The molecule has 10 heteroatoms. The summed E-state index contributed by atoms with van der Waals surface area (Å²) in [5.74, 6) is -0.713. The first kappa shape index (κ1) is 23.7. The molecular weight excluding hydrogens is 437 g/mol. The van der Waals surface area contributed by atoms with E-state index in [2.05, 4.69) is 5.32 Å². The van der Waals surface area contributed by atoms with E-state index in [1.807, 2.05) is 0 Å². The van der Waals surface area contributed by atoms with Crippen LogP contribution in [0.4, 0.5) is 4.39 Å². The third-order valence-corrected chi connectivity index (χ3v) is 6.71. The number of nitrogens with one attached hydrogen (secondary N) is 1. The zero-order chi connectivity index (χ0) is 23.5. The van der Waals surface area contributed by atoms with Gasteiger partial charge in [0.05, 0.1) is 19.9 Å². The zero-order valence-corrected chi connectivity index (χ0v) is 19.0. The monoisotopic (exact) mass is 463 g/mol. The van der Waals surface area contributed by atoms with Crippen molar-refractivity contribution in [1.82, 2.24) is 14.5 Å². The number of carbonyl (C=O) groups excluding carboxylic acids is 2. The maximum Gasteiger partial charge on any atom is 0.247 e. The van der Waals surface area contributed by atoms with Gasteiger partial charge in [-0.15, -0.1) is 0 Å². The number of amides is 2. The van der Waals surface area contributed by atoms with Gasteiger partial charge in [-0.05, 0) is 42.3 Å². The minimum Gasteiger partial charge on any atom is -0.497 e. The highest BCUT2D eigenvalue weighted by molar-refractivity contribution is 7.88. The third kappa shape index (κ3) is 5.25. The molecule has 8 nitrogen and oxygen atoms in total. The molecule has 3 rings (SSSR count). The predicted octanol–water partition coefficient (Wildman–Crippen LogP) is 1.51. The van der Waals surface area contributed by atoms with E-state index < -0.39 is 27.4 Å². The van der Waals surface area contributed by atoms with Gasteiger partial charge in [0.25, 0.3) is 0 Å². The molecule has 1 aliphatic rings. The van der Waals surface area contributed by atoms with Crippen molar-refractivity contribution in [1.29, 1.82) is 0 Å². The van der Waals surface area contributed by atoms with Crippen LogP contribution < -0.4 is 10.1 Å². The highest BCUT2D eigenvalue weighted by atomic mass is 32.2. The van der Waals surface area contributed by atoms with Gasteiger partial charge in [-0.3, -0.25) is 9.59 Å². The van der Waals surface area contributed by atoms with E-state index in [0.29, 0.717) is 11.3 Å². The highest BCUT2D eigenvalue weighted by Gasteiger charge is 2.49. The first-order valence-corrected chi connectivity index (χ1v) is 11.8. The second kappa shape index (κ2) is 9.25. The topological polar surface area (TPSA) is 96.0 Å². The molecule has 2 aromatic carbocycles. The number of rotatable bonds is 7. The van der Waals surface area contributed by atoms with Crippen LogP contribution in [0.1, 0.15) is 18.1 Å². The minimum absolute atomic E-state index is 0.109. The molecule has 2 amide bonds. The SMILES string of the molecule is COc1ccc(CN2C(=O)CN(S(C)(=O)=O)C[C@]2(C)C(=O)NCc2ccc(F)cc2)cc1. The number of sulfonamides is 1. The van der Waals surface area contributed by atoms with Crippen LogP contribution >= 0.6 is 0 Å². The Morgan fingerprint density at radius 1 is 1.12 bits per heavy atom. The van der Waals surface area contributed by atoms with Gasteiger partial charge in [-0.25, -0.2) is 12.8 Å². The molecule has 0 bridgehead atoms. The number of methoxy groups -OCH3 is 1. The van der Waals surface area contributed by atoms with Gasteiger partial charge in [0.1, 0.15) is 17.1 Å². The van der Waals surface area contributed by atoms with Crippen LogP contribution in [-0.2, 0) is 32.7 Å². The molecule has 32 heavy (non-hydrogen) atoms. The Labute approximate surface area is 187 Å². The Morgan fingerprint density at radius 2 is 1.72 bits per heavy atom. The number of hydrogen-bond acceptors (Lipinski definition) is 5. The van der Waals surface area contributed by atoms with Crippen molar-refractivity contribution >= 4 is 21.8 Å². The Morgan fingerprint density at radius 3 is 2.28 bits per heavy atom. The molecule has 1 aliphatic heterocycles. The van der Waals surface area contributed by atoms with Crippen LogP contribution in [0.25, 0.3) is 0 Å². The molecule has 1 fully saturated rings. The van der Waals surface area contributed by atoms with Crippen molar-refractivity contribution in [3.05, 3.63) is 65.5 Å². The van der Waals surface area contributed by atoms with Gasteiger partial charge in [0, 0.05) is 19.6 Å². The second-order valence-electron chi connectivity index (χ2n) is 7.94. The number of halogens is 1. The summed E-state index contributed by atoms with van der Waals surface area (Å²) in [6, 6.07) is 12.7. The summed E-state index contributed by atoms with van der Waals surface area (Å²) in [6.45, 7) is 1.27. The fraction of sp³-hybridized carbons (Fsp3) is 0.364. The van der Waals surface area contributed by atoms with Crippen molar-refractivity contribution in [3.8, 4) is 5.75 Å². The lowest BCUT2D eigenvalue weighted by molar-refractivity contribution is -0.153. The molecule has 1 saturated heterocycles. The maximum absolute atomic E-state index is 13.3. The van der Waals surface area contributed by atoms with Crippen LogP contribution in [0.15, 0.2) is 48.5 Å². The van der Waals surface area contributed by atoms with Gasteiger partial charge in [0.15, 0.2) is 0 Å². The van der Waals surface area contributed by atoms with E-state index in [0.717, 1.165) is 16.1 Å². The fourth-order valence-electron chi connectivity index (χ4n) is 3.58. The van der Waals surface area contributed by atoms with E-state index in [4.69, 9.17) is 4.74 Å². The normalized spacial score (nSPS) is 19.6. The minimum atomic E-state index is -3.69. The largest absolute Gasteiger partial charge is 0.497 e. The lowest BCUT2D eigenvalue weighted by Crippen LogP contribution is -2.69. The number of nitrogens with zero attached hydrogens (tertiary/aromatic N) is 2. The van der Waals surface area contributed by atoms with E-state index in [1.165, 1.54) is 17.0 Å². The summed E-state index contributed by atoms with van der Waals surface area (Å²) in [4.78, 5) is 27.6. The molecule has 0 radical (unpaired) electrons. The van der Waals surface area contributed by atoms with Crippen LogP contribution in [0.5, 0.6) is 5.75 Å². The maximum atomic E-state index is 13.3. The molecule has 1 atom stereocenters. The lowest BCUT2D eigenvalue weighted by Gasteiger charge is -2.46. The molecule has 0 aromatic heterocycles. The highest BCUT2D eigenvalue weighted by Crippen LogP contribution is 2.27. The van der Waals surface area contributed by atoms with Gasteiger partial charge >= 0.3 is 0 Å². The third-order valence-electron chi connectivity index (χ3n) is 5.52. The van der Waals surface area contributed by atoms with Crippen molar-refractivity contribution in [2.75, 3.05) is 26.5 Å². The molecule has 0 saturated carbocycles.